The molecule has 1 aliphatic heterocycles. The van der Waals surface area contributed by atoms with Crippen LogP contribution in [0, 0.1) is 18.8 Å². The maximum atomic E-state index is 6.19. The SMILES string of the molecule is Cc1ncc(N2C[C@H]3CC[C@@H](C2)C3N)s1. The largest absolute Gasteiger partial charge is 0.361 e. The molecule has 1 aliphatic carbocycles. The van der Waals surface area contributed by atoms with Crippen molar-refractivity contribution in [3.8, 4) is 0 Å². The molecule has 1 unspecified atom stereocenters. The van der Waals surface area contributed by atoms with E-state index in [0.29, 0.717) is 17.9 Å². The smallest absolute Gasteiger partial charge is 0.111 e. The Labute approximate surface area is 94.3 Å². The molecule has 15 heavy (non-hydrogen) atoms. The molecular weight excluding hydrogens is 206 g/mol. The Bertz CT molecular complexity index is 348. The number of hydrogen-bond donors (Lipinski definition) is 1. The molecule has 0 amide bonds. The molecule has 0 spiro atoms. The quantitative estimate of drug-likeness (QED) is 0.786. The molecule has 0 radical (unpaired) electrons. The Morgan fingerprint density at radius 3 is 2.60 bits per heavy atom. The van der Waals surface area contributed by atoms with Gasteiger partial charge in [0.05, 0.1) is 11.2 Å². The normalized spacial score (nSPS) is 34.8. The monoisotopic (exact) mass is 223 g/mol. The number of aromatic nitrogens is 1. The molecule has 4 heteroatoms. The first-order valence-corrected chi connectivity index (χ1v) is 6.48. The Morgan fingerprint density at radius 2 is 2.07 bits per heavy atom. The zero-order valence-electron chi connectivity index (χ0n) is 9.02. The first-order chi connectivity index (χ1) is 7.24. The number of nitrogens with two attached hydrogens (primary N) is 1. The Kier molecular flexibility index (Phi) is 2.21. The van der Waals surface area contributed by atoms with Gasteiger partial charge >= 0.3 is 0 Å². The van der Waals surface area contributed by atoms with Crippen LogP contribution in [0.4, 0.5) is 5.00 Å². The van der Waals surface area contributed by atoms with Gasteiger partial charge in [0.15, 0.2) is 0 Å². The minimum atomic E-state index is 0.454. The molecule has 1 saturated heterocycles. The van der Waals surface area contributed by atoms with E-state index in [4.69, 9.17) is 5.73 Å². The first-order valence-electron chi connectivity index (χ1n) is 5.67. The maximum absolute atomic E-state index is 6.19. The fraction of sp³-hybridized carbons (Fsp3) is 0.727. The van der Waals surface area contributed by atoms with Crippen LogP contribution in [0.2, 0.25) is 0 Å². The summed E-state index contributed by atoms with van der Waals surface area (Å²) in [6.07, 6.45) is 4.65. The third-order valence-corrected chi connectivity index (χ3v) is 4.80. The fourth-order valence-corrected chi connectivity index (χ4v) is 3.73. The Hall–Kier alpha value is -0.610. The minimum Gasteiger partial charge on any atom is -0.361 e. The lowest BCUT2D eigenvalue weighted by Crippen LogP contribution is -2.48. The van der Waals surface area contributed by atoms with Crippen LogP contribution in [-0.2, 0) is 0 Å². The van der Waals surface area contributed by atoms with Crippen LogP contribution in [0.5, 0.6) is 0 Å². The van der Waals surface area contributed by atoms with Crippen LogP contribution in [0.25, 0.3) is 0 Å². The van der Waals surface area contributed by atoms with Crippen molar-refractivity contribution in [2.75, 3.05) is 18.0 Å². The molecule has 1 saturated carbocycles. The predicted molar refractivity (Wildman–Crippen MR) is 63.3 cm³/mol. The molecule has 3 nitrogen and oxygen atoms in total. The number of piperidine rings is 1. The van der Waals surface area contributed by atoms with Gasteiger partial charge in [-0.15, -0.1) is 11.3 Å². The van der Waals surface area contributed by atoms with Gasteiger partial charge in [0, 0.05) is 19.1 Å². The van der Waals surface area contributed by atoms with E-state index in [-0.39, 0.29) is 0 Å². The van der Waals surface area contributed by atoms with Crippen molar-refractivity contribution in [2.45, 2.75) is 25.8 Å². The molecule has 1 aromatic heterocycles. The second-order valence-corrected chi connectivity index (χ2v) is 6.01. The van der Waals surface area contributed by atoms with Crippen LogP contribution in [0.15, 0.2) is 6.20 Å². The summed E-state index contributed by atoms with van der Waals surface area (Å²) < 4.78 is 0. The lowest BCUT2D eigenvalue weighted by atomic mass is 9.93. The third-order valence-electron chi connectivity index (χ3n) is 3.83. The summed E-state index contributed by atoms with van der Waals surface area (Å²) in [4.78, 5) is 6.81. The van der Waals surface area contributed by atoms with Gasteiger partial charge in [-0.1, -0.05) is 0 Å². The second-order valence-electron chi connectivity index (χ2n) is 4.80. The lowest BCUT2D eigenvalue weighted by Gasteiger charge is -2.36. The number of thiazole rings is 1. The van der Waals surface area contributed by atoms with Crippen molar-refractivity contribution in [1.82, 2.24) is 4.98 Å². The van der Waals surface area contributed by atoms with Crippen molar-refractivity contribution >= 4 is 16.3 Å². The van der Waals surface area contributed by atoms with Crippen LogP contribution in [0.1, 0.15) is 17.8 Å². The van der Waals surface area contributed by atoms with Gasteiger partial charge in [-0.3, -0.25) is 0 Å². The predicted octanol–water partition coefficient (Wildman–Crippen LogP) is 1.63. The molecule has 2 N–H and O–H groups in total. The van der Waals surface area contributed by atoms with Crippen LogP contribution in [0.3, 0.4) is 0 Å². The van der Waals surface area contributed by atoms with E-state index >= 15 is 0 Å². The number of fused-ring (bicyclic) bond motifs is 2. The summed E-state index contributed by atoms with van der Waals surface area (Å²) >= 11 is 1.80. The highest BCUT2D eigenvalue weighted by molar-refractivity contribution is 7.15. The van der Waals surface area contributed by atoms with Crippen molar-refractivity contribution < 1.29 is 0 Å². The van der Waals surface area contributed by atoms with Gasteiger partial charge in [0.2, 0.25) is 0 Å². The zero-order chi connectivity index (χ0) is 10.4. The van der Waals surface area contributed by atoms with E-state index in [1.54, 1.807) is 11.3 Å². The summed E-state index contributed by atoms with van der Waals surface area (Å²) in [5.41, 5.74) is 6.19. The molecule has 82 valence electrons. The standard InChI is InChI=1S/C11H17N3S/c1-7-13-4-10(15-7)14-5-8-2-3-9(6-14)11(8)12/h4,8-9,11H,2-3,5-6,12H2,1H3/t8-,9+,11?. The van der Waals surface area contributed by atoms with Crippen LogP contribution >= 0.6 is 11.3 Å². The molecule has 3 atom stereocenters. The van der Waals surface area contributed by atoms with Crippen molar-refractivity contribution in [2.24, 2.45) is 17.6 Å². The highest BCUT2D eigenvalue weighted by Crippen LogP contribution is 2.38. The molecule has 1 aromatic rings. The molecule has 0 aromatic carbocycles. The lowest BCUT2D eigenvalue weighted by molar-refractivity contribution is 0.357. The van der Waals surface area contributed by atoms with E-state index in [0.717, 1.165) is 18.1 Å². The van der Waals surface area contributed by atoms with E-state index in [9.17, 15) is 0 Å². The second kappa shape index (κ2) is 3.46. The van der Waals surface area contributed by atoms with Crippen molar-refractivity contribution in [3.63, 3.8) is 0 Å². The molecule has 2 heterocycles. The molecule has 3 rings (SSSR count). The van der Waals surface area contributed by atoms with Gasteiger partial charge in [-0.2, -0.15) is 0 Å². The summed E-state index contributed by atoms with van der Waals surface area (Å²) in [5.74, 6) is 1.43. The number of aryl methyl sites for hydroxylation is 1. The van der Waals surface area contributed by atoms with E-state index < -0.39 is 0 Å². The van der Waals surface area contributed by atoms with Gasteiger partial charge in [0.25, 0.3) is 0 Å². The summed E-state index contributed by atoms with van der Waals surface area (Å²) in [6.45, 7) is 4.34. The molecule has 2 aliphatic rings. The third kappa shape index (κ3) is 1.56. The summed E-state index contributed by atoms with van der Waals surface area (Å²) in [7, 11) is 0. The van der Waals surface area contributed by atoms with Crippen molar-refractivity contribution in [1.29, 1.82) is 0 Å². The number of hydrogen-bond acceptors (Lipinski definition) is 4. The van der Waals surface area contributed by atoms with Crippen molar-refractivity contribution in [3.05, 3.63) is 11.2 Å². The van der Waals surface area contributed by atoms with Gasteiger partial charge < -0.3 is 10.6 Å². The Balaban J connectivity index is 1.80. The Morgan fingerprint density at radius 1 is 1.40 bits per heavy atom. The maximum Gasteiger partial charge on any atom is 0.111 e. The van der Waals surface area contributed by atoms with Gasteiger partial charge in [0.1, 0.15) is 5.00 Å². The van der Waals surface area contributed by atoms with Crippen LogP contribution in [-0.4, -0.2) is 24.1 Å². The number of anilines is 1. The average Bonchev–Trinajstić information content (AvgIpc) is 2.70. The fourth-order valence-electron chi connectivity index (χ4n) is 2.94. The van der Waals surface area contributed by atoms with E-state index in [1.165, 1.54) is 17.8 Å². The first kappa shape index (κ1) is 9.60. The average molecular weight is 223 g/mol. The molecular formula is C11H17N3S. The topological polar surface area (TPSA) is 42.2 Å². The summed E-state index contributed by atoms with van der Waals surface area (Å²) in [6, 6.07) is 0.454. The van der Waals surface area contributed by atoms with Gasteiger partial charge in [-0.05, 0) is 31.6 Å². The minimum absolute atomic E-state index is 0.454. The van der Waals surface area contributed by atoms with Gasteiger partial charge in [-0.25, -0.2) is 4.98 Å². The number of nitrogens with zero attached hydrogens (tertiary/aromatic N) is 2. The van der Waals surface area contributed by atoms with E-state index in [2.05, 4.69) is 16.8 Å². The zero-order valence-corrected chi connectivity index (χ0v) is 9.83. The van der Waals surface area contributed by atoms with Crippen LogP contribution < -0.4 is 10.6 Å². The summed E-state index contributed by atoms with van der Waals surface area (Å²) in [5, 5.41) is 2.49. The number of rotatable bonds is 1. The van der Waals surface area contributed by atoms with E-state index in [1.807, 2.05) is 6.20 Å². The molecule has 2 fully saturated rings. The highest BCUT2D eigenvalue weighted by Gasteiger charge is 2.40. The molecule has 2 bridgehead atoms. The highest BCUT2D eigenvalue weighted by atomic mass is 32.1.